The van der Waals surface area contributed by atoms with E-state index in [-0.39, 0.29) is 0 Å². The number of carbonyl (C=O) groups is 2. The molecule has 1 fully saturated rings. The summed E-state index contributed by atoms with van der Waals surface area (Å²) in [6.45, 7) is 5.25. The molecule has 0 bridgehead atoms. The van der Waals surface area contributed by atoms with Gasteiger partial charge < -0.3 is 9.84 Å². The van der Waals surface area contributed by atoms with Crippen molar-refractivity contribution in [3.63, 3.8) is 0 Å². The van der Waals surface area contributed by atoms with E-state index in [2.05, 4.69) is 15.9 Å². The third-order valence-corrected chi connectivity index (χ3v) is 3.13. The van der Waals surface area contributed by atoms with Crippen LogP contribution in [0.15, 0.2) is 0 Å². The lowest BCUT2D eigenvalue weighted by atomic mass is 10.2. The Morgan fingerprint density at radius 1 is 1.50 bits per heavy atom. The van der Waals surface area contributed by atoms with Crippen molar-refractivity contribution in [3.8, 4) is 0 Å². The maximum absolute atomic E-state index is 11.5. The number of carbonyl (C=O) groups excluding carboxylic acids is 1. The number of esters is 1. The van der Waals surface area contributed by atoms with Gasteiger partial charge in [-0.1, -0.05) is 15.9 Å². The molecule has 80 valence electrons. The summed E-state index contributed by atoms with van der Waals surface area (Å²) in [5, 5.41) is 8.70. The minimum Gasteiger partial charge on any atom is -0.481 e. The van der Waals surface area contributed by atoms with Crippen LogP contribution in [0.5, 0.6) is 0 Å². The van der Waals surface area contributed by atoms with Crippen LogP contribution in [0.2, 0.25) is 0 Å². The molecule has 0 aliphatic heterocycles. The van der Waals surface area contributed by atoms with Crippen molar-refractivity contribution >= 4 is 27.9 Å². The summed E-state index contributed by atoms with van der Waals surface area (Å²) >= 11 is 3.12. The van der Waals surface area contributed by atoms with Crippen LogP contribution >= 0.6 is 15.9 Å². The number of rotatable bonds is 2. The third kappa shape index (κ3) is 2.26. The number of hydrogen-bond acceptors (Lipinski definition) is 3. The Morgan fingerprint density at radius 2 is 2.00 bits per heavy atom. The van der Waals surface area contributed by atoms with Gasteiger partial charge in [0.2, 0.25) is 0 Å². The first-order valence-corrected chi connectivity index (χ1v) is 5.11. The average molecular weight is 265 g/mol. The third-order valence-electron chi connectivity index (χ3n) is 1.93. The van der Waals surface area contributed by atoms with Gasteiger partial charge in [-0.15, -0.1) is 0 Å². The monoisotopic (exact) mass is 264 g/mol. The van der Waals surface area contributed by atoms with Crippen LogP contribution in [0, 0.1) is 5.92 Å². The predicted octanol–water partition coefficient (Wildman–Crippen LogP) is 1.57. The quantitative estimate of drug-likeness (QED) is 0.608. The fourth-order valence-corrected chi connectivity index (χ4v) is 1.71. The van der Waals surface area contributed by atoms with Crippen molar-refractivity contribution in [2.24, 2.45) is 5.92 Å². The van der Waals surface area contributed by atoms with E-state index in [1.165, 1.54) is 0 Å². The van der Waals surface area contributed by atoms with Crippen molar-refractivity contribution in [2.45, 2.75) is 37.1 Å². The summed E-state index contributed by atoms with van der Waals surface area (Å²) in [5.41, 5.74) is -0.580. The average Bonchev–Trinajstić information content (AvgIpc) is 2.60. The van der Waals surface area contributed by atoms with Crippen molar-refractivity contribution in [3.05, 3.63) is 0 Å². The van der Waals surface area contributed by atoms with E-state index >= 15 is 0 Å². The normalized spacial score (nSPS) is 31.0. The summed E-state index contributed by atoms with van der Waals surface area (Å²) < 4.78 is 4.10. The van der Waals surface area contributed by atoms with E-state index in [1.807, 2.05) is 0 Å². The first-order chi connectivity index (χ1) is 6.17. The minimum atomic E-state index is -0.994. The van der Waals surface area contributed by atoms with Crippen molar-refractivity contribution in [2.75, 3.05) is 0 Å². The van der Waals surface area contributed by atoms with Crippen LogP contribution in [0.3, 0.4) is 0 Å². The second-order valence-corrected chi connectivity index (χ2v) is 5.87. The summed E-state index contributed by atoms with van der Waals surface area (Å²) in [6, 6.07) is 0. The standard InChI is InChI=1S/C9H13BrO4/c1-8(2,3)14-7(13)9(10)4-5(9)6(11)12/h5H,4H2,1-3H3,(H,11,12). The largest absolute Gasteiger partial charge is 0.481 e. The highest BCUT2D eigenvalue weighted by Crippen LogP contribution is 2.52. The van der Waals surface area contributed by atoms with Gasteiger partial charge in [-0.2, -0.15) is 0 Å². The number of hydrogen-bond donors (Lipinski definition) is 1. The first-order valence-electron chi connectivity index (χ1n) is 4.32. The lowest BCUT2D eigenvalue weighted by Crippen LogP contribution is -2.32. The lowest BCUT2D eigenvalue weighted by Gasteiger charge is -2.21. The highest BCUT2D eigenvalue weighted by atomic mass is 79.9. The summed E-state index contributed by atoms with van der Waals surface area (Å²) in [4.78, 5) is 22.1. The van der Waals surface area contributed by atoms with E-state index in [4.69, 9.17) is 9.84 Å². The molecule has 0 aromatic heterocycles. The second-order valence-electron chi connectivity index (χ2n) is 4.46. The molecule has 0 aromatic carbocycles. The molecule has 1 aliphatic rings. The van der Waals surface area contributed by atoms with E-state index in [0.29, 0.717) is 6.42 Å². The van der Waals surface area contributed by atoms with E-state index in [9.17, 15) is 9.59 Å². The molecule has 14 heavy (non-hydrogen) atoms. The molecule has 1 aliphatic carbocycles. The molecule has 0 aromatic rings. The van der Waals surface area contributed by atoms with E-state index in [0.717, 1.165) is 0 Å². The Hall–Kier alpha value is -0.580. The van der Waals surface area contributed by atoms with E-state index in [1.54, 1.807) is 20.8 Å². The molecule has 2 atom stereocenters. The predicted molar refractivity (Wildman–Crippen MR) is 53.2 cm³/mol. The van der Waals surface area contributed by atoms with E-state index < -0.39 is 27.8 Å². The van der Waals surface area contributed by atoms with Gasteiger partial charge in [-0.25, -0.2) is 0 Å². The van der Waals surface area contributed by atoms with Crippen LogP contribution in [-0.2, 0) is 14.3 Å². The Labute approximate surface area is 90.8 Å². The minimum absolute atomic E-state index is 0.303. The molecule has 2 unspecified atom stereocenters. The highest BCUT2D eigenvalue weighted by Gasteiger charge is 2.64. The number of carboxylic acid groups (broad SMARTS) is 1. The molecule has 0 amide bonds. The lowest BCUT2D eigenvalue weighted by molar-refractivity contribution is -0.156. The number of aliphatic carboxylic acids is 1. The number of halogens is 1. The Kier molecular flexibility index (Phi) is 2.65. The molecule has 5 heteroatoms. The number of alkyl halides is 1. The van der Waals surface area contributed by atoms with Crippen molar-refractivity contribution < 1.29 is 19.4 Å². The van der Waals surface area contributed by atoms with Crippen molar-refractivity contribution in [1.29, 1.82) is 0 Å². The smallest absolute Gasteiger partial charge is 0.324 e. The Balaban J connectivity index is 2.61. The molecule has 0 radical (unpaired) electrons. The van der Waals surface area contributed by atoms with Gasteiger partial charge in [-0.3, -0.25) is 9.59 Å². The molecule has 0 heterocycles. The summed E-state index contributed by atoms with van der Waals surface area (Å²) in [6.07, 6.45) is 0.303. The fraction of sp³-hybridized carbons (Fsp3) is 0.778. The van der Waals surface area contributed by atoms with Gasteiger partial charge in [-0.05, 0) is 27.2 Å². The van der Waals surface area contributed by atoms with Crippen LogP contribution in [-0.4, -0.2) is 27.0 Å². The molecule has 1 saturated carbocycles. The highest BCUT2D eigenvalue weighted by molar-refractivity contribution is 9.10. The van der Waals surface area contributed by atoms with Crippen molar-refractivity contribution in [1.82, 2.24) is 0 Å². The van der Waals surface area contributed by atoms with Gasteiger partial charge in [0, 0.05) is 0 Å². The maximum Gasteiger partial charge on any atom is 0.324 e. The van der Waals surface area contributed by atoms with Crippen LogP contribution in [0.25, 0.3) is 0 Å². The topological polar surface area (TPSA) is 63.6 Å². The second kappa shape index (κ2) is 3.22. The molecular weight excluding hydrogens is 252 g/mol. The molecule has 4 nitrogen and oxygen atoms in total. The van der Waals surface area contributed by atoms with Crippen LogP contribution in [0.1, 0.15) is 27.2 Å². The Bertz CT molecular complexity index is 281. The zero-order valence-electron chi connectivity index (χ0n) is 8.33. The van der Waals surface area contributed by atoms with Gasteiger partial charge in [0.25, 0.3) is 0 Å². The van der Waals surface area contributed by atoms with Gasteiger partial charge in [0.1, 0.15) is 9.93 Å². The fourth-order valence-electron chi connectivity index (χ4n) is 1.11. The molecule has 0 spiro atoms. The van der Waals surface area contributed by atoms with Gasteiger partial charge in [0.15, 0.2) is 0 Å². The van der Waals surface area contributed by atoms with Gasteiger partial charge >= 0.3 is 11.9 Å². The maximum atomic E-state index is 11.5. The zero-order valence-corrected chi connectivity index (χ0v) is 9.92. The molecule has 1 N–H and O–H groups in total. The zero-order chi connectivity index (χ0) is 11.1. The van der Waals surface area contributed by atoms with Crippen LogP contribution in [0.4, 0.5) is 0 Å². The van der Waals surface area contributed by atoms with Crippen LogP contribution < -0.4 is 0 Å². The number of carboxylic acids is 1. The molecule has 1 rings (SSSR count). The number of ether oxygens (including phenoxy) is 1. The van der Waals surface area contributed by atoms with Gasteiger partial charge in [0.05, 0.1) is 5.92 Å². The summed E-state index contributed by atoms with van der Waals surface area (Å²) in [7, 11) is 0. The SMILES string of the molecule is CC(C)(C)OC(=O)C1(Br)CC1C(=O)O. The first kappa shape index (κ1) is 11.5. The molecular formula is C9H13BrO4. The molecule has 0 saturated heterocycles. The Morgan fingerprint density at radius 3 is 2.29 bits per heavy atom. The summed E-state index contributed by atoms with van der Waals surface area (Å²) in [5.74, 6) is -2.11.